The highest BCUT2D eigenvalue weighted by atomic mass is 35.5. The average molecular weight is 245 g/mol. The molecule has 1 aliphatic rings. The molecule has 2 heterocycles. The Hall–Kier alpha value is -0.0251. The first kappa shape index (κ1) is 11.5. The van der Waals surface area contributed by atoms with E-state index in [1.165, 1.54) is 0 Å². The van der Waals surface area contributed by atoms with Crippen LogP contribution in [0.25, 0.3) is 0 Å². The normalized spacial score (nSPS) is 25.6. The molecule has 0 radical (unpaired) electrons. The largest absolute Gasteiger partial charge is 0.496 e. The number of hydrogen-bond acceptors (Lipinski definition) is 3. The minimum Gasteiger partial charge on any atom is -0.405 e. The van der Waals surface area contributed by atoms with Crippen molar-refractivity contribution in [1.29, 1.82) is 0 Å². The Balaban J connectivity index is 2.20. The van der Waals surface area contributed by atoms with Crippen LogP contribution in [0.15, 0.2) is 10.8 Å². The SMILES string of the molecule is CC1CC(C)(C)OB(c2cscc2Cl)O1. The third-order valence-electron chi connectivity index (χ3n) is 2.46. The molecule has 15 heavy (non-hydrogen) atoms. The molecule has 1 aromatic heterocycles. The van der Waals surface area contributed by atoms with E-state index < -0.39 is 0 Å². The summed E-state index contributed by atoms with van der Waals surface area (Å²) in [4.78, 5) is 0. The van der Waals surface area contributed by atoms with Gasteiger partial charge in [0.2, 0.25) is 0 Å². The summed E-state index contributed by atoms with van der Waals surface area (Å²) in [6.45, 7) is 6.23. The average Bonchev–Trinajstić information content (AvgIpc) is 2.47. The van der Waals surface area contributed by atoms with E-state index in [1.54, 1.807) is 11.3 Å². The van der Waals surface area contributed by atoms with Crippen LogP contribution >= 0.6 is 22.9 Å². The highest BCUT2D eigenvalue weighted by Gasteiger charge is 2.39. The van der Waals surface area contributed by atoms with Gasteiger partial charge < -0.3 is 9.31 Å². The lowest BCUT2D eigenvalue weighted by atomic mass is 9.76. The van der Waals surface area contributed by atoms with Crippen molar-refractivity contribution in [2.24, 2.45) is 0 Å². The standard InChI is InChI=1S/C10H14BClO2S/c1-7-4-10(2,3)14-11(13-7)8-5-15-6-9(8)12/h5-7H,4H2,1-3H3. The third-order valence-corrected chi connectivity index (χ3v) is 3.68. The Morgan fingerprint density at radius 1 is 1.53 bits per heavy atom. The van der Waals surface area contributed by atoms with E-state index in [1.807, 2.05) is 10.8 Å². The fourth-order valence-electron chi connectivity index (χ4n) is 1.91. The van der Waals surface area contributed by atoms with Gasteiger partial charge in [-0.15, -0.1) is 0 Å². The second-order valence-electron chi connectivity index (χ2n) is 4.54. The van der Waals surface area contributed by atoms with Gasteiger partial charge in [-0.1, -0.05) is 11.6 Å². The van der Waals surface area contributed by atoms with Gasteiger partial charge in [-0.05, 0) is 32.6 Å². The van der Waals surface area contributed by atoms with Gasteiger partial charge in [0.25, 0.3) is 0 Å². The van der Waals surface area contributed by atoms with Crippen LogP contribution in [0.4, 0.5) is 0 Å². The lowest BCUT2D eigenvalue weighted by Crippen LogP contribution is -2.51. The monoisotopic (exact) mass is 244 g/mol. The summed E-state index contributed by atoms with van der Waals surface area (Å²) in [5, 5.41) is 4.62. The van der Waals surface area contributed by atoms with E-state index in [2.05, 4.69) is 20.8 Å². The van der Waals surface area contributed by atoms with Crippen LogP contribution in [0.2, 0.25) is 5.02 Å². The summed E-state index contributed by atoms with van der Waals surface area (Å²) in [6.07, 6.45) is 1.11. The van der Waals surface area contributed by atoms with Crippen molar-refractivity contribution in [3.8, 4) is 0 Å². The summed E-state index contributed by atoms with van der Waals surface area (Å²) >= 11 is 7.63. The fourth-order valence-corrected chi connectivity index (χ4v) is 2.98. The Labute approximate surface area is 99.7 Å². The maximum absolute atomic E-state index is 6.06. The molecule has 0 amide bonds. The molecule has 2 rings (SSSR count). The Morgan fingerprint density at radius 3 is 2.80 bits per heavy atom. The van der Waals surface area contributed by atoms with E-state index in [0.29, 0.717) is 0 Å². The Bertz CT molecular complexity index is 353. The molecule has 1 aromatic rings. The van der Waals surface area contributed by atoms with Crippen molar-refractivity contribution >= 4 is 35.5 Å². The molecule has 1 fully saturated rings. The molecule has 1 saturated heterocycles. The molecule has 0 N–H and O–H groups in total. The molecular weight excluding hydrogens is 230 g/mol. The van der Waals surface area contributed by atoms with Crippen molar-refractivity contribution in [3.63, 3.8) is 0 Å². The molecule has 2 nitrogen and oxygen atoms in total. The van der Waals surface area contributed by atoms with E-state index in [4.69, 9.17) is 20.9 Å². The highest BCUT2D eigenvalue weighted by Crippen LogP contribution is 2.27. The molecule has 1 unspecified atom stereocenters. The second kappa shape index (κ2) is 4.09. The number of rotatable bonds is 1. The molecule has 1 aliphatic heterocycles. The predicted molar refractivity (Wildman–Crippen MR) is 65.0 cm³/mol. The van der Waals surface area contributed by atoms with Gasteiger partial charge in [-0.3, -0.25) is 0 Å². The van der Waals surface area contributed by atoms with Crippen molar-refractivity contribution in [2.45, 2.75) is 38.9 Å². The summed E-state index contributed by atoms with van der Waals surface area (Å²) in [7, 11) is -0.317. The molecule has 1 atom stereocenters. The smallest absolute Gasteiger partial charge is 0.405 e. The van der Waals surface area contributed by atoms with Crippen molar-refractivity contribution in [2.75, 3.05) is 0 Å². The summed E-state index contributed by atoms with van der Waals surface area (Å²) in [5.74, 6) is 0. The van der Waals surface area contributed by atoms with Gasteiger partial charge in [0.1, 0.15) is 0 Å². The van der Waals surface area contributed by atoms with Crippen molar-refractivity contribution in [3.05, 3.63) is 15.8 Å². The zero-order valence-electron chi connectivity index (χ0n) is 9.12. The van der Waals surface area contributed by atoms with Crippen molar-refractivity contribution in [1.82, 2.24) is 0 Å². The van der Waals surface area contributed by atoms with Crippen LogP contribution in [-0.4, -0.2) is 18.8 Å². The maximum atomic E-state index is 6.06. The van der Waals surface area contributed by atoms with Crippen LogP contribution in [0, 0.1) is 0 Å². The van der Waals surface area contributed by atoms with Crippen LogP contribution in [0.3, 0.4) is 0 Å². The first-order valence-electron chi connectivity index (χ1n) is 5.03. The quantitative estimate of drug-likeness (QED) is 0.707. The molecule has 0 bridgehead atoms. The molecular formula is C10H14BClO2S. The molecule has 5 heteroatoms. The zero-order valence-corrected chi connectivity index (χ0v) is 10.7. The van der Waals surface area contributed by atoms with Gasteiger partial charge in [0.15, 0.2) is 0 Å². The van der Waals surface area contributed by atoms with Gasteiger partial charge in [0, 0.05) is 16.9 Å². The number of halogens is 1. The number of hydrogen-bond donors (Lipinski definition) is 0. The topological polar surface area (TPSA) is 18.5 Å². The van der Waals surface area contributed by atoms with Crippen LogP contribution in [-0.2, 0) is 9.31 Å². The van der Waals surface area contributed by atoms with E-state index in [-0.39, 0.29) is 18.8 Å². The van der Waals surface area contributed by atoms with E-state index >= 15 is 0 Å². The van der Waals surface area contributed by atoms with Crippen LogP contribution < -0.4 is 5.46 Å². The van der Waals surface area contributed by atoms with Gasteiger partial charge >= 0.3 is 7.12 Å². The molecule has 0 aliphatic carbocycles. The number of thiophene rings is 1. The second-order valence-corrected chi connectivity index (χ2v) is 5.69. The van der Waals surface area contributed by atoms with Crippen molar-refractivity contribution < 1.29 is 9.31 Å². The molecule has 0 spiro atoms. The van der Waals surface area contributed by atoms with E-state index in [0.717, 1.165) is 16.9 Å². The summed E-state index contributed by atoms with van der Waals surface area (Å²) in [5.41, 5.74) is 0.800. The first-order valence-corrected chi connectivity index (χ1v) is 6.35. The predicted octanol–water partition coefficient (Wildman–Crippen LogP) is 2.70. The third kappa shape index (κ3) is 2.56. The molecule has 82 valence electrons. The molecule has 0 aromatic carbocycles. The minimum absolute atomic E-state index is 0.145. The Kier molecular flexibility index (Phi) is 3.13. The maximum Gasteiger partial charge on any atom is 0.496 e. The van der Waals surface area contributed by atoms with E-state index in [9.17, 15) is 0 Å². The Morgan fingerprint density at radius 2 is 2.27 bits per heavy atom. The van der Waals surface area contributed by atoms with Crippen LogP contribution in [0.5, 0.6) is 0 Å². The summed E-state index contributed by atoms with van der Waals surface area (Å²) in [6, 6.07) is 0. The highest BCUT2D eigenvalue weighted by molar-refractivity contribution is 7.10. The van der Waals surface area contributed by atoms with Gasteiger partial charge in [0.05, 0.1) is 10.6 Å². The minimum atomic E-state index is -0.317. The lowest BCUT2D eigenvalue weighted by molar-refractivity contribution is -0.0229. The van der Waals surface area contributed by atoms with Gasteiger partial charge in [-0.2, -0.15) is 11.3 Å². The first-order chi connectivity index (χ1) is 6.98. The summed E-state index contributed by atoms with van der Waals surface area (Å²) < 4.78 is 11.6. The lowest BCUT2D eigenvalue weighted by Gasteiger charge is -2.38. The molecule has 0 saturated carbocycles. The van der Waals surface area contributed by atoms with Crippen LogP contribution in [0.1, 0.15) is 27.2 Å². The zero-order chi connectivity index (χ0) is 11.1. The fraction of sp³-hybridized carbons (Fsp3) is 0.600. The van der Waals surface area contributed by atoms with Gasteiger partial charge in [-0.25, -0.2) is 0 Å².